The zero-order valence-electron chi connectivity index (χ0n) is 12.7. The predicted octanol–water partition coefficient (Wildman–Crippen LogP) is 4.75. The van der Waals surface area contributed by atoms with E-state index in [9.17, 15) is 0 Å². The second-order valence-electron chi connectivity index (χ2n) is 4.71. The number of methoxy groups -OCH3 is 1. The molecule has 2 aromatic carbocycles. The van der Waals surface area contributed by atoms with Gasteiger partial charge in [0.1, 0.15) is 19.0 Å². The number of nitrogens with zero attached hydrogens (tertiary/aromatic N) is 1. The first kappa shape index (κ1) is 17.5. The van der Waals surface area contributed by atoms with Crippen LogP contribution in [0.25, 0.3) is 0 Å². The number of benzene rings is 2. The van der Waals surface area contributed by atoms with E-state index >= 15 is 0 Å². The Morgan fingerprint density at radius 3 is 2.57 bits per heavy atom. The summed E-state index contributed by atoms with van der Waals surface area (Å²) in [5, 5.41) is 9.67. The summed E-state index contributed by atoms with van der Waals surface area (Å²) >= 11 is 9.36. The molecular weight excluding hydrogens is 382 g/mol. The summed E-state index contributed by atoms with van der Waals surface area (Å²) < 4.78 is 17.2. The van der Waals surface area contributed by atoms with Crippen molar-refractivity contribution < 1.29 is 14.2 Å². The molecule has 0 N–H and O–H groups in total. The third-order valence-electron chi connectivity index (χ3n) is 3.09. The molecule has 0 aromatic heterocycles. The van der Waals surface area contributed by atoms with Gasteiger partial charge < -0.3 is 14.2 Å². The third kappa shape index (κ3) is 4.54. The van der Waals surface area contributed by atoms with Gasteiger partial charge >= 0.3 is 0 Å². The zero-order valence-corrected chi connectivity index (χ0v) is 15.1. The maximum Gasteiger partial charge on any atom is 0.175 e. The summed E-state index contributed by atoms with van der Waals surface area (Å²) in [7, 11) is 1.53. The van der Waals surface area contributed by atoms with Gasteiger partial charge in [0.25, 0.3) is 0 Å². The Labute approximate surface area is 148 Å². The lowest BCUT2D eigenvalue weighted by Gasteiger charge is -2.13. The maximum absolute atomic E-state index is 8.96. The van der Waals surface area contributed by atoms with Crippen LogP contribution < -0.4 is 14.2 Å². The molecule has 2 rings (SSSR count). The molecule has 0 saturated heterocycles. The Hall–Kier alpha value is -1.90. The van der Waals surface area contributed by atoms with Crippen LogP contribution in [0, 0.1) is 18.3 Å². The Kier molecular flexibility index (Phi) is 6.14. The number of halogens is 2. The van der Waals surface area contributed by atoms with E-state index in [-0.39, 0.29) is 0 Å². The van der Waals surface area contributed by atoms with E-state index in [4.69, 9.17) is 31.1 Å². The van der Waals surface area contributed by atoms with Crippen LogP contribution in [-0.4, -0.2) is 20.3 Å². The highest BCUT2D eigenvalue weighted by atomic mass is 79.9. The van der Waals surface area contributed by atoms with Crippen molar-refractivity contribution in [3.63, 3.8) is 0 Å². The van der Waals surface area contributed by atoms with Crippen molar-refractivity contribution >= 4 is 27.5 Å². The number of hydrogen-bond acceptors (Lipinski definition) is 4. The van der Waals surface area contributed by atoms with Crippen LogP contribution in [0.3, 0.4) is 0 Å². The molecule has 23 heavy (non-hydrogen) atoms. The molecule has 6 heteroatoms. The fourth-order valence-corrected chi connectivity index (χ4v) is 2.61. The fraction of sp³-hybridized carbons (Fsp3) is 0.235. The normalized spacial score (nSPS) is 10.0. The van der Waals surface area contributed by atoms with Gasteiger partial charge in [-0.25, -0.2) is 0 Å². The van der Waals surface area contributed by atoms with Crippen molar-refractivity contribution in [1.82, 2.24) is 0 Å². The molecule has 0 unspecified atom stereocenters. The lowest BCUT2D eigenvalue weighted by atomic mass is 10.2. The molecule has 0 bridgehead atoms. The Balaban J connectivity index is 1.96. The molecule has 0 saturated carbocycles. The number of hydrogen-bond donors (Lipinski definition) is 0. The second-order valence-corrected chi connectivity index (χ2v) is 5.97. The highest BCUT2D eigenvalue weighted by Crippen LogP contribution is 2.36. The van der Waals surface area contributed by atoms with E-state index in [0.29, 0.717) is 39.8 Å². The van der Waals surface area contributed by atoms with E-state index < -0.39 is 0 Å². The van der Waals surface area contributed by atoms with Gasteiger partial charge in [0, 0.05) is 11.1 Å². The standard InChI is InChI=1S/C17H15BrClNO3/c1-11-7-13(3-4-15(11)19)22-5-6-23-17-14(18)8-12(10-20)9-16(17)21-2/h3-4,7-9H,5-6H2,1-2H3. The van der Waals surface area contributed by atoms with Crippen molar-refractivity contribution in [2.24, 2.45) is 0 Å². The first-order valence-electron chi connectivity index (χ1n) is 6.84. The van der Waals surface area contributed by atoms with Crippen LogP contribution in [0.4, 0.5) is 0 Å². The average Bonchev–Trinajstić information content (AvgIpc) is 2.55. The average molecular weight is 397 g/mol. The minimum atomic E-state index is 0.336. The minimum Gasteiger partial charge on any atom is -0.493 e. The molecule has 0 atom stereocenters. The van der Waals surface area contributed by atoms with E-state index in [1.807, 2.05) is 19.1 Å². The topological polar surface area (TPSA) is 51.5 Å². The summed E-state index contributed by atoms with van der Waals surface area (Å²) in [5.41, 5.74) is 1.45. The van der Waals surface area contributed by atoms with Crippen molar-refractivity contribution in [2.75, 3.05) is 20.3 Å². The molecule has 0 heterocycles. The van der Waals surface area contributed by atoms with Crippen LogP contribution in [0.2, 0.25) is 5.02 Å². The highest BCUT2D eigenvalue weighted by Gasteiger charge is 2.11. The Bertz CT molecular complexity index is 743. The first-order chi connectivity index (χ1) is 11.0. The number of ether oxygens (including phenoxy) is 3. The molecule has 0 fully saturated rings. The van der Waals surface area contributed by atoms with Gasteiger partial charge in [-0.05, 0) is 52.7 Å². The highest BCUT2D eigenvalue weighted by molar-refractivity contribution is 9.10. The number of rotatable bonds is 6. The van der Waals surface area contributed by atoms with Crippen LogP contribution >= 0.6 is 27.5 Å². The molecule has 0 spiro atoms. The van der Waals surface area contributed by atoms with E-state index in [1.165, 1.54) is 7.11 Å². The predicted molar refractivity (Wildman–Crippen MR) is 92.6 cm³/mol. The van der Waals surface area contributed by atoms with Crippen molar-refractivity contribution in [3.05, 3.63) is 51.0 Å². The largest absolute Gasteiger partial charge is 0.493 e. The van der Waals surface area contributed by atoms with Crippen molar-refractivity contribution in [1.29, 1.82) is 5.26 Å². The van der Waals surface area contributed by atoms with E-state index in [1.54, 1.807) is 18.2 Å². The molecule has 0 aliphatic rings. The monoisotopic (exact) mass is 395 g/mol. The van der Waals surface area contributed by atoms with Gasteiger partial charge in [0.15, 0.2) is 11.5 Å². The minimum absolute atomic E-state index is 0.336. The van der Waals surface area contributed by atoms with Crippen LogP contribution in [-0.2, 0) is 0 Å². The Morgan fingerprint density at radius 2 is 1.91 bits per heavy atom. The third-order valence-corrected chi connectivity index (χ3v) is 4.10. The summed E-state index contributed by atoms with van der Waals surface area (Å²) in [4.78, 5) is 0. The SMILES string of the molecule is COc1cc(C#N)cc(Br)c1OCCOc1ccc(Cl)c(C)c1. The van der Waals surface area contributed by atoms with Gasteiger partial charge in [0.05, 0.1) is 23.2 Å². The summed E-state index contributed by atoms with van der Waals surface area (Å²) in [6.07, 6.45) is 0. The fourth-order valence-electron chi connectivity index (χ4n) is 1.93. The molecule has 4 nitrogen and oxygen atoms in total. The second kappa shape index (κ2) is 8.09. The quantitative estimate of drug-likeness (QED) is 0.661. The van der Waals surface area contributed by atoms with E-state index in [0.717, 1.165) is 11.3 Å². The lowest BCUT2D eigenvalue weighted by molar-refractivity contribution is 0.210. The van der Waals surface area contributed by atoms with Gasteiger partial charge in [-0.1, -0.05) is 11.6 Å². The number of aryl methyl sites for hydroxylation is 1. The molecular formula is C17H15BrClNO3. The molecule has 0 aliphatic carbocycles. The number of nitriles is 1. The van der Waals surface area contributed by atoms with Crippen molar-refractivity contribution in [2.45, 2.75) is 6.92 Å². The van der Waals surface area contributed by atoms with Crippen LogP contribution in [0.15, 0.2) is 34.8 Å². The summed E-state index contributed by atoms with van der Waals surface area (Å²) in [5.74, 6) is 1.78. The van der Waals surface area contributed by atoms with Gasteiger partial charge in [-0.3, -0.25) is 0 Å². The molecule has 0 amide bonds. The summed E-state index contributed by atoms with van der Waals surface area (Å²) in [6, 6.07) is 10.9. The lowest BCUT2D eigenvalue weighted by Crippen LogP contribution is -2.10. The smallest absolute Gasteiger partial charge is 0.175 e. The van der Waals surface area contributed by atoms with E-state index in [2.05, 4.69) is 22.0 Å². The van der Waals surface area contributed by atoms with Crippen LogP contribution in [0.5, 0.6) is 17.2 Å². The Morgan fingerprint density at radius 1 is 1.17 bits per heavy atom. The molecule has 2 aromatic rings. The van der Waals surface area contributed by atoms with Gasteiger partial charge in [-0.15, -0.1) is 0 Å². The van der Waals surface area contributed by atoms with Crippen molar-refractivity contribution in [3.8, 4) is 23.3 Å². The maximum atomic E-state index is 8.96. The first-order valence-corrected chi connectivity index (χ1v) is 8.01. The molecule has 120 valence electrons. The van der Waals surface area contributed by atoms with Crippen LogP contribution in [0.1, 0.15) is 11.1 Å². The molecule has 0 aliphatic heterocycles. The summed E-state index contributed by atoms with van der Waals surface area (Å²) in [6.45, 7) is 2.63. The molecule has 0 radical (unpaired) electrons. The van der Waals surface area contributed by atoms with Gasteiger partial charge in [-0.2, -0.15) is 5.26 Å². The zero-order chi connectivity index (χ0) is 16.8. The van der Waals surface area contributed by atoms with Gasteiger partial charge in [0.2, 0.25) is 0 Å².